The minimum absolute atomic E-state index is 0.0577. The number of aliphatic hydroxyl groups excluding tert-OH is 1. The lowest BCUT2D eigenvalue weighted by Crippen LogP contribution is -2.37. The van der Waals surface area contributed by atoms with Gasteiger partial charge < -0.3 is 15.4 Å². The number of fused-ring (bicyclic) bond motifs is 1. The third-order valence-electron chi connectivity index (χ3n) is 4.00. The number of nitrogens with one attached hydrogen (secondary N) is 2. The van der Waals surface area contributed by atoms with Gasteiger partial charge in [-0.3, -0.25) is 4.57 Å². The molecule has 0 saturated heterocycles. The summed E-state index contributed by atoms with van der Waals surface area (Å²) in [5.41, 5.74) is -1.69. The number of hydrogen-bond acceptors (Lipinski definition) is 5. The predicted octanol–water partition coefficient (Wildman–Crippen LogP) is 3.89. The first kappa shape index (κ1) is 21.0. The summed E-state index contributed by atoms with van der Waals surface area (Å²) in [7, 11) is -0.369. The molecule has 0 aliphatic carbocycles. The molecule has 29 heavy (non-hydrogen) atoms. The smallest absolute Gasteiger partial charge is 0.362 e. The first-order chi connectivity index (χ1) is 13.6. The number of para-hydroxylation sites is 1. The number of aromatic amines is 1. The van der Waals surface area contributed by atoms with Gasteiger partial charge in [-0.15, -0.1) is 0 Å². The molecule has 2 unspecified atom stereocenters. The number of aromatic nitrogens is 3. The Kier molecular flexibility index (Phi) is 5.76. The maximum absolute atomic E-state index is 13.5. The van der Waals surface area contributed by atoms with E-state index in [1.54, 1.807) is 5.32 Å². The molecule has 3 rings (SSSR count). The van der Waals surface area contributed by atoms with E-state index in [0.29, 0.717) is 11.7 Å². The van der Waals surface area contributed by atoms with E-state index in [2.05, 4.69) is 15.0 Å². The average Bonchev–Trinajstić information content (AvgIpc) is 3.08. The summed E-state index contributed by atoms with van der Waals surface area (Å²) in [6.07, 6.45) is -9.71. The molecule has 1 aromatic carbocycles. The number of nitrogens with zero attached hydrogens (tertiary/aromatic N) is 2. The zero-order valence-electron chi connectivity index (χ0n) is 14.1. The quantitative estimate of drug-likeness (QED) is 0.403. The van der Waals surface area contributed by atoms with E-state index in [9.17, 15) is 30.9 Å². The molecule has 2 aromatic heterocycles. The SMILES string of the molecule is O=Pc1cccc2c(-c3nc(NC(C(O)F)C(F)F)ncc3C(F)(F)F)c[nH]c12. The highest BCUT2D eigenvalue weighted by Crippen LogP contribution is 2.38. The number of halogens is 6. The molecule has 154 valence electrons. The van der Waals surface area contributed by atoms with Crippen LogP contribution in [0.1, 0.15) is 5.56 Å². The Morgan fingerprint density at radius 2 is 1.93 bits per heavy atom. The Morgan fingerprint density at radius 1 is 1.21 bits per heavy atom. The molecular weight excluding hydrogens is 425 g/mol. The van der Waals surface area contributed by atoms with E-state index in [4.69, 9.17) is 5.11 Å². The van der Waals surface area contributed by atoms with Gasteiger partial charge in [-0.25, -0.2) is 23.1 Å². The Labute approximate surface area is 160 Å². The van der Waals surface area contributed by atoms with Crippen LogP contribution in [0.4, 0.5) is 32.3 Å². The minimum atomic E-state index is -4.88. The maximum Gasteiger partial charge on any atom is 0.419 e. The Bertz CT molecular complexity index is 1030. The molecule has 0 bridgehead atoms. The van der Waals surface area contributed by atoms with E-state index in [0.717, 1.165) is 0 Å². The van der Waals surface area contributed by atoms with Crippen molar-refractivity contribution in [2.24, 2.45) is 0 Å². The highest BCUT2D eigenvalue weighted by molar-refractivity contribution is 7.34. The van der Waals surface area contributed by atoms with E-state index in [1.807, 2.05) is 0 Å². The van der Waals surface area contributed by atoms with E-state index >= 15 is 0 Å². The monoisotopic (exact) mass is 436 g/mol. The fourth-order valence-corrected chi connectivity index (χ4v) is 3.10. The number of aliphatic hydroxyl groups is 1. The van der Waals surface area contributed by atoms with Crippen LogP contribution in [0.15, 0.2) is 30.6 Å². The molecular formula is C16H11F6N4O2P. The summed E-state index contributed by atoms with van der Waals surface area (Å²) in [5, 5.41) is 11.1. The van der Waals surface area contributed by atoms with E-state index in [-0.39, 0.29) is 24.7 Å². The van der Waals surface area contributed by atoms with Gasteiger partial charge in [-0.1, -0.05) is 12.1 Å². The second-order valence-electron chi connectivity index (χ2n) is 5.82. The number of H-pyrrole nitrogens is 1. The van der Waals surface area contributed by atoms with Crippen molar-refractivity contribution in [2.45, 2.75) is 25.0 Å². The summed E-state index contributed by atoms with van der Waals surface area (Å²) in [6, 6.07) is 1.98. The van der Waals surface area contributed by atoms with Gasteiger partial charge in [-0.2, -0.15) is 13.2 Å². The van der Waals surface area contributed by atoms with Crippen molar-refractivity contribution >= 4 is 30.6 Å². The van der Waals surface area contributed by atoms with Crippen molar-refractivity contribution in [3.63, 3.8) is 0 Å². The zero-order valence-corrected chi connectivity index (χ0v) is 15.0. The van der Waals surface area contributed by atoms with Crippen molar-refractivity contribution in [3.05, 3.63) is 36.2 Å². The number of rotatable bonds is 6. The number of hydrogen-bond donors (Lipinski definition) is 3. The second-order valence-corrected chi connectivity index (χ2v) is 6.49. The van der Waals surface area contributed by atoms with Crippen LogP contribution in [0.3, 0.4) is 0 Å². The summed E-state index contributed by atoms with van der Waals surface area (Å²) >= 11 is 0. The number of anilines is 1. The summed E-state index contributed by atoms with van der Waals surface area (Å²) in [6.45, 7) is 0. The number of alkyl halides is 6. The Balaban J connectivity index is 2.17. The minimum Gasteiger partial charge on any atom is -0.362 e. The van der Waals surface area contributed by atoms with Crippen LogP contribution in [0, 0.1) is 0 Å². The van der Waals surface area contributed by atoms with Crippen molar-refractivity contribution < 1.29 is 36.0 Å². The molecule has 0 radical (unpaired) electrons. The van der Waals surface area contributed by atoms with Gasteiger partial charge in [0.05, 0.1) is 16.5 Å². The first-order valence-electron chi connectivity index (χ1n) is 7.88. The lowest BCUT2D eigenvalue weighted by molar-refractivity contribution is -0.137. The van der Waals surface area contributed by atoms with Gasteiger partial charge in [0.2, 0.25) is 12.3 Å². The highest BCUT2D eigenvalue weighted by atomic mass is 31.1. The van der Waals surface area contributed by atoms with E-state index in [1.165, 1.54) is 24.4 Å². The van der Waals surface area contributed by atoms with Crippen molar-refractivity contribution in [1.82, 2.24) is 15.0 Å². The summed E-state index contributed by atoms with van der Waals surface area (Å²) in [4.78, 5) is 9.66. The van der Waals surface area contributed by atoms with Crippen LogP contribution in [0.5, 0.6) is 0 Å². The van der Waals surface area contributed by atoms with Gasteiger partial charge in [0.1, 0.15) is 11.6 Å². The molecule has 3 aromatic rings. The van der Waals surface area contributed by atoms with Crippen LogP contribution >= 0.6 is 8.46 Å². The standard InChI is InChI=1S/C16H11F6N4O2P/c17-13(18)12(14(19)27)26-15-24-5-8(16(20,21)22)10(25-15)7-4-23-11-6(7)2-1-3-9(11)29-28/h1-5,12-14,23,27H,(H,24,25,26). The lowest BCUT2D eigenvalue weighted by atomic mass is 10.1. The van der Waals surface area contributed by atoms with E-state index < -0.39 is 42.2 Å². The van der Waals surface area contributed by atoms with Crippen molar-refractivity contribution in [2.75, 3.05) is 5.32 Å². The molecule has 0 aliphatic heterocycles. The van der Waals surface area contributed by atoms with Crippen LogP contribution in [-0.2, 0) is 10.7 Å². The van der Waals surface area contributed by atoms with Crippen molar-refractivity contribution in [3.8, 4) is 11.3 Å². The largest absolute Gasteiger partial charge is 0.419 e. The Morgan fingerprint density at radius 3 is 2.52 bits per heavy atom. The van der Waals surface area contributed by atoms with Gasteiger partial charge in [0.25, 0.3) is 6.43 Å². The number of benzene rings is 1. The fourth-order valence-electron chi connectivity index (χ4n) is 2.68. The molecule has 2 atom stereocenters. The normalized spacial score (nSPS) is 14.5. The third-order valence-corrected chi connectivity index (χ3v) is 4.57. The Hall–Kier alpha value is -2.72. The lowest BCUT2D eigenvalue weighted by Gasteiger charge is -2.19. The maximum atomic E-state index is 13.5. The fraction of sp³-hybridized carbons (Fsp3) is 0.250. The summed E-state index contributed by atoms with van der Waals surface area (Å²) < 4.78 is 90.2. The molecule has 0 spiro atoms. The molecule has 0 aliphatic rings. The molecule has 3 N–H and O–H groups in total. The van der Waals surface area contributed by atoms with Crippen LogP contribution in [0.25, 0.3) is 22.2 Å². The van der Waals surface area contributed by atoms with Crippen LogP contribution in [-0.4, -0.2) is 38.9 Å². The first-order valence-corrected chi connectivity index (χ1v) is 8.69. The molecule has 2 heterocycles. The average molecular weight is 436 g/mol. The van der Waals surface area contributed by atoms with Gasteiger partial charge >= 0.3 is 6.18 Å². The predicted molar refractivity (Wildman–Crippen MR) is 92.1 cm³/mol. The van der Waals surface area contributed by atoms with Crippen LogP contribution in [0.2, 0.25) is 0 Å². The second kappa shape index (κ2) is 7.96. The topological polar surface area (TPSA) is 90.9 Å². The summed E-state index contributed by atoms with van der Waals surface area (Å²) in [5.74, 6) is -0.734. The van der Waals surface area contributed by atoms with Crippen LogP contribution < -0.4 is 10.6 Å². The molecule has 0 saturated carbocycles. The molecule has 13 heteroatoms. The third kappa shape index (κ3) is 4.18. The molecule has 6 nitrogen and oxygen atoms in total. The van der Waals surface area contributed by atoms with Crippen molar-refractivity contribution in [1.29, 1.82) is 0 Å². The zero-order chi connectivity index (χ0) is 21.3. The van der Waals surface area contributed by atoms with Gasteiger partial charge in [0.15, 0.2) is 8.46 Å². The molecule has 0 fully saturated rings. The molecule has 0 amide bonds. The van der Waals surface area contributed by atoms with Gasteiger partial charge in [0, 0.05) is 23.3 Å². The highest BCUT2D eigenvalue weighted by Gasteiger charge is 2.37. The van der Waals surface area contributed by atoms with Gasteiger partial charge in [-0.05, 0) is 6.07 Å².